The molecule has 33 heavy (non-hydrogen) atoms. The van der Waals surface area contributed by atoms with Gasteiger partial charge in [-0.1, -0.05) is 30.3 Å². The number of piperidine rings is 1. The minimum Gasteiger partial charge on any atom is -0.484 e. The Morgan fingerprint density at radius 1 is 1.00 bits per heavy atom. The zero-order valence-electron chi connectivity index (χ0n) is 18.2. The molecule has 7 heteroatoms. The number of likely N-dealkylation sites (tertiary alicyclic amines) is 1. The molecule has 2 aliphatic rings. The predicted octanol–water partition coefficient (Wildman–Crippen LogP) is 3.62. The van der Waals surface area contributed by atoms with E-state index in [0.717, 1.165) is 37.3 Å². The molecule has 0 saturated carbocycles. The van der Waals surface area contributed by atoms with Crippen LogP contribution in [0.3, 0.4) is 0 Å². The number of carbonyl (C=O) groups excluding carboxylic acids is 1. The Labute approximate surface area is 191 Å². The second kappa shape index (κ2) is 9.19. The molecule has 2 bridgehead atoms. The second-order valence-corrected chi connectivity index (χ2v) is 8.86. The van der Waals surface area contributed by atoms with E-state index in [-0.39, 0.29) is 35.5 Å². The van der Waals surface area contributed by atoms with Crippen molar-refractivity contribution in [2.75, 3.05) is 25.0 Å². The molecule has 0 spiro atoms. The Hall–Kier alpha value is -3.45. The number of ether oxygens (including phenoxy) is 1. The van der Waals surface area contributed by atoms with Gasteiger partial charge < -0.3 is 14.6 Å². The van der Waals surface area contributed by atoms with Crippen LogP contribution in [-0.2, 0) is 17.9 Å². The number of benzene rings is 2. The fraction of sp³-hybridized carbons (Fsp3) is 0.308. The summed E-state index contributed by atoms with van der Waals surface area (Å²) in [5.74, 6) is 0.640. The molecule has 1 amide bonds. The van der Waals surface area contributed by atoms with Crippen LogP contribution in [0.5, 0.6) is 5.75 Å². The standard InChI is InChI=1S/C26H26FN3O3/c27-21-8-6-18(7-9-21)13-29-14-19-12-20(16-29)24-11-10-23(26(32)30(24)15-19)28-25(31)17-33-22-4-2-1-3-5-22/h1-11,19-20H,12-17H2,(H,28,31)/t19-,20-/m1/s1. The Bertz CT molecular complexity index is 1190. The van der Waals surface area contributed by atoms with Crippen molar-refractivity contribution in [2.45, 2.75) is 25.4 Å². The topological polar surface area (TPSA) is 63.6 Å². The van der Waals surface area contributed by atoms with Gasteiger partial charge in [0.2, 0.25) is 0 Å². The summed E-state index contributed by atoms with van der Waals surface area (Å²) < 4.78 is 20.5. The van der Waals surface area contributed by atoms with Crippen LogP contribution in [-0.4, -0.2) is 35.1 Å². The van der Waals surface area contributed by atoms with E-state index in [2.05, 4.69) is 10.2 Å². The minimum absolute atomic E-state index is 0.158. The fourth-order valence-electron chi connectivity index (χ4n) is 4.97. The van der Waals surface area contributed by atoms with E-state index in [4.69, 9.17) is 4.74 Å². The van der Waals surface area contributed by atoms with Crippen molar-refractivity contribution in [3.8, 4) is 5.75 Å². The van der Waals surface area contributed by atoms with Crippen molar-refractivity contribution >= 4 is 11.6 Å². The summed E-state index contributed by atoms with van der Waals surface area (Å²) in [4.78, 5) is 27.8. The highest BCUT2D eigenvalue weighted by Crippen LogP contribution is 2.36. The molecule has 2 aromatic carbocycles. The van der Waals surface area contributed by atoms with Gasteiger partial charge in [-0.15, -0.1) is 0 Å². The summed E-state index contributed by atoms with van der Waals surface area (Å²) in [6, 6.07) is 19.4. The molecule has 170 valence electrons. The number of aromatic nitrogens is 1. The zero-order chi connectivity index (χ0) is 22.8. The van der Waals surface area contributed by atoms with Crippen LogP contribution >= 0.6 is 0 Å². The molecule has 0 unspecified atom stereocenters. The average molecular weight is 448 g/mol. The van der Waals surface area contributed by atoms with Crippen molar-refractivity contribution < 1.29 is 13.9 Å². The normalized spacial score (nSPS) is 19.5. The number of pyridine rings is 1. The van der Waals surface area contributed by atoms with Gasteiger partial charge in [-0.05, 0) is 54.3 Å². The van der Waals surface area contributed by atoms with Gasteiger partial charge in [0.1, 0.15) is 17.3 Å². The average Bonchev–Trinajstić information content (AvgIpc) is 2.82. The van der Waals surface area contributed by atoms with E-state index in [1.165, 1.54) is 12.1 Å². The van der Waals surface area contributed by atoms with Crippen LogP contribution in [0.1, 0.15) is 23.6 Å². The van der Waals surface area contributed by atoms with Crippen molar-refractivity contribution in [1.82, 2.24) is 9.47 Å². The number of nitrogens with zero attached hydrogens (tertiary/aromatic N) is 2. The van der Waals surface area contributed by atoms with E-state index in [9.17, 15) is 14.0 Å². The number of carbonyl (C=O) groups is 1. The van der Waals surface area contributed by atoms with Gasteiger partial charge in [-0.2, -0.15) is 0 Å². The Balaban J connectivity index is 1.26. The van der Waals surface area contributed by atoms with Crippen molar-refractivity contribution in [3.63, 3.8) is 0 Å². The summed E-state index contributed by atoms with van der Waals surface area (Å²) >= 11 is 0. The zero-order valence-corrected chi connectivity index (χ0v) is 18.2. The maximum atomic E-state index is 13.2. The first-order chi connectivity index (χ1) is 16.0. The van der Waals surface area contributed by atoms with Gasteiger partial charge in [0.05, 0.1) is 0 Å². The molecule has 1 saturated heterocycles. The molecule has 0 aliphatic carbocycles. The van der Waals surface area contributed by atoms with E-state index in [1.54, 1.807) is 18.2 Å². The molecule has 1 fully saturated rings. The quantitative estimate of drug-likeness (QED) is 0.627. The summed E-state index contributed by atoms with van der Waals surface area (Å²) in [5, 5.41) is 2.70. The maximum absolute atomic E-state index is 13.2. The monoisotopic (exact) mass is 447 g/mol. The van der Waals surface area contributed by atoms with Crippen LogP contribution in [0, 0.1) is 11.7 Å². The number of hydrogen-bond acceptors (Lipinski definition) is 4. The molecular formula is C26H26FN3O3. The third-order valence-electron chi connectivity index (χ3n) is 6.39. The molecule has 1 aromatic heterocycles. The van der Waals surface area contributed by atoms with Gasteiger partial charge >= 0.3 is 0 Å². The third-order valence-corrected chi connectivity index (χ3v) is 6.39. The molecule has 1 N–H and O–H groups in total. The lowest BCUT2D eigenvalue weighted by Crippen LogP contribution is -2.47. The summed E-state index contributed by atoms with van der Waals surface area (Å²) in [7, 11) is 0. The maximum Gasteiger partial charge on any atom is 0.274 e. The van der Waals surface area contributed by atoms with Gasteiger partial charge in [-0.25, -0.2) is 4.39 Å². The number of anilines is 1. The SMILES string of the molecule is O=C(COc1ccccc1)Nc1ccc2n(c1=O)C[C@@H]1C[C@@H]2CN(Cc2ccc(F)cc2)C1. The molecular weight excluding hydrogens is 421 g/mol. The first-order valence-electron chi connectivity index (χ1n) is 11.2. The lowest BCUT2D eigenvalue weighted by molar-refractivity contribution is -0.118. The molecule has 5 rings (SSSR count). The summed E-state index contributed by atoms with van der Waals surface area (Å²) in [5.41, 5.74) is 2.22. The summed E-state index contributed by atoms with van der Waals surface area (Å²) in [6.45, 7) is 2.99. The molecule has 6 nitrogen and oxygen atoms in total. The Morgan fingerprint density at radius 2 is 1.79 bits per heavy atom. The van der Waals surface area contributed by atoms with Crippen LogP contribution in [0.2, 0.25) is 0 Å². The number of rotatable bonds is 6. The van der Waals surface area contributed by atoms with Gasteiger partial charge in [0.25, 0.3) is 11.5 Å². The van der Waals surface area contributed by atoms with E-state index < -0.39 is 0 Å². The number of nitrogens with one attached hydrogen (secondary N) is 1. The highest BCUT2D eigenvalue weighted by Gasteiger charge is 2.35. The van der Waals surface area contributed by atoms with Crippen LogP contribution in [0.4, 0.5) is 10.1 Å². The second-order valence-electron chi connectivity index (χ2n) is 8.86. The minimum atomic E-state index is -0.363. The predicted molar refractivity (Wildman–Crippen MR) is 124 cm³/mol. The van der Waals surface area contributed by atoms with Crippen molar-refractivity contribution in [2.24, 2.45) is 5.92 Å². The van der Waals surface area contributed by atoms with Crippen LogP contribution in [0.15, 0.2) is 71.5 Å². The van der Waals surface area contributed by atoms with Crippen LogP contribution < -0.4 is 15.6 Å². The van der Waals surface area contributed by atoms with E-state index >= 15 is 0 Å². The molecule has 2 atom stereocenters. The van der Waals surface area contributed by atoms with Gasteiger partial charge in [0, 0.05) is 37.8 Å². The first-order valence-corrected chi connectivity index (χ1v) is 11.2. The number of para-hydroxylation sites is 1. The number of hydrogen-bond donors (Lipinski definition) is 1. The lowest BCUT2D eigenvalue weighted by atomic mass is 9.83. The van der Waals surface area contributed by atoms with Crippen LogP contribution in [0.25, 0.3) is 0 Å². The molecule has 2 aliphatic heterocycles. The van der Waals surface area contributed by atoms with Crippen molar-refractivity contribution in [1.29, 1.82) is 0 Å². The Kier molecular flexibility index (Phi) is 5.96. The first kappa shape index (κ1) is 21.4. The fourth-order valence-corrected chi connectivity index (χ4v) is 4.97. The largest absolute Gasteiger partial charge is 0.484 e. The molecule has 3 heterocycles. The number of halogens is 1. The smallest absolute Gasteiger partial charge is 0.274 e. The lowest BCUT2D eigenvalue weighted by Gasteiger charge is -2.43. The van der Waals surface area contributed by atoms with Crippen molar-refractivity contribution in [3.05, 3.63) is 94.2 Å². The highest BCUT2D eigenvalue weighted by molar-refractivity contribution is 5.91. The molecule has 3 aromatic rings. The third kappa shape index (κ3) is 4.83. The number of fused-ring (bicyclic) bond motifs is 4. The Morgan fingerprint density at radius 3 is 2.58 bits per heavy atom. The molecule has 0 radical (unpaired) electrons. The van der Waals surface area contributed by atoms with E-state index in [0.29, 0.717) is 18.2 Å². The summed E-state index contributed by atoms with van der Waals surface area (Å²) in [6.07, 6.45) is 1.05. The van der Waals surface area contributed by atoms with Gasteiger partial charge in [-0.3, -0.25) is 14.5 Å². The number of amides is 1. The van der Waals surface area contributed by atoms with Gasteiger partial charge in [0.15, 0.2) is 6.61 Å². The highest BCUT2D eigenvalue weighted by atomic mass is 19.1. The van der Waals surface area contributed by atoms with E-state index in [1.807, 2.05) is 41.0 Å².